The summed E-state index contributed by atoms with van der Waals surface area (Å²) < 4.78 is 0. The number of hydrogen-bond acceptors (Lipinski definition) is 6. The summed E-state index contributed by atoms with van der Waals surface area (Å²) in [6, 6.07) is 11.5. The van der Waals surface area contributed by atoms with E-state index in [-0.39, 0.29) is 12.5 Å². The average Bonchev–Trinajstić information content (AvgIpc) is 2.60. The number of aliphatic hydroxyl groups excluding tert-OH is 2. The Hall–Kier alpha value is -2.52. The molecule has 0 saturated carbocycles. The van der Waals surface area contributed by atoms with Gasteiger partial charge in [0.2, 0.25) is 5.91 Å². The summed E-state index contributed by atoms with van der Waals surface area (Å²) in [4.78, 5) is 21.1. The Bertz CT molecular complexity index is 692. The minimum Gasteiger partial charge on any atom is -0.480 e. The van der Waals surface area contributed by atoms with Crippen molar-refractivity contribution in [2.24, 2.45) is 11.5 Å². The lowest BCUT2D eigenvalue weighted by Gasteiger charge is -2.10. The van der Waals surface area contributed by atoms with E-state index in [0.29, 0.717) is 5.69 Å². The maximum absolute atomic E-state index is 11.5. The zero-order chi connectivity index (χ0) is 18.1. The molecular formula is C16H21N3O5. The van der Waals surface area contributed by atoms with Crippen LogP contribution < -0.4 is 16.8 Å². The van der Waals surface area contributed by atoms with Gasteiger partial charge in [-0.1, -0.05) is 30.3 Å². The highest BCUT2D eigenvalue weighted by Crippen LogP contribution is 2.18. The summed E-state index contributed by atoms with van der Waals surface area (Å²) in [6.45, 7) is -0.866. The summed E-state index contributed by atoms with van der Waals surface area (Å²) in [5.41, 5.74) is 10.9. The lowest BCUT2D eigenvalue weighted by Crippen LogP contribution is -2.38. The number of carbonyl (C=O) groups is 2. The highest BCUT2D eigenvalue weighted by molar-refractivity contribution is 5.97. The number of aliphatic carboxylic acids is 1. The van der Waals surface area contributed by atoms with Crippen LogP contribution in [0.1, 0.15) is 0 Å². The third-order valence-corrected chi connectivity index (χ3v) is 3.06. The van der Waals surface area contributed by atoms with Gasteiger partial charge in [0, 0.05) is 5.69 Å². The molecule has 0 aliphatic rings. The van der Waals surface area contributed by atoms with Gasteiger partial charge in [-0.05, 0) is 22.9 Å². The Morgan fingerprint density at radius 1 is 0.958 bits per heavy atom. The van der Waals surface area contributed by atoms with E-state index in [1.165, 1.54) is 0 Å². The van der Waals surface area contributed by atoms with Crippen molar-refractivity contribution in [1.82, 2.24) is 0 Å². The smallest absolute Gasteiger partial charge is 0.322 e. The van der Waals surface area contributed by atoms with Gasteiger partial charge in [0.15, 0.2) is 0 Å². The minimum atomic E-state index is -1.18. The summed E-state index contributed by atoms with van der Waals surface area (Å²) in [5, 5.41) is 29.5. The van der Waals surface area contributed by atoms with Crippen LogP contribution in [0, 0.1) is 0 Å². The predicted molar refractivity (Wildman–Crippen MR) is 90.3 cm³/mol. The fourth-order valence-electron chi connectivity index (χ4n) is 1.66. The first kappa shape index (κ1) is 19.5. The van der Waals surface area contributed by atoms with Crippen LogP contribution in [0.4, 0.5) is 5.69 Å². The fraction of sp³-hybridized carbons (Fsp3) is 0.250. The molecule has 0 spiro atoms. The molecule has 0 saturated heterocycles. The third-order valence-electron chi connectivity index (χ3n) is 3.06. The number of carboxylic acid groups (broad SMARTS) is 1. The topological polar surface area (TPSA) is 159 Å². The Morgan fingerprint density at radius 3 is 2.04 bits per heavy atom. The zero-order valence-electron chi connectivity index (χ0n) is 12.9. The standard InChI is InChI=1S/C13H14N2O2.C3H7NO3/c14-12(8-16)13(17)15-11-6-5-9-3-1-2-4-10(9)7-11;4-2(1-5)3(6)7/h1-7,12,16H,8,14H2,(H,15,17);2,5H,1,4H2,(H,6,7)/t12-;2-/m00/s1. The van der Waals surface area contributed by atoms with Crippen LogP contribution in [0.3, 0.4) is 0 Å². The van der Waals surface area contributed by atoms with Crippen LogP contribution in [0.2, 0.25) is 0 Å². The van der Waals surface area contributed by atoms with Gasteiger partial charge in [0.1, 0.15) is 12.1 Å². The molecule has 8 nitrogen and oxygen atoms in total. The number of hydrogen-bond donors (Lipinski definition) is 6. The first-order valence-electron chi connectivity index (χ1n) is 7.14. The van der Waals surface area contributed by atoms with E-state index in [1.54, 1.807) is 0 Å². The average molecular weight is 335 g/mol. The van der Waals surface area contributed by atoms with Gasteiger partial charge in [-0.25, -0.2) is 0 Å². The highest BCUT2D eigenvalue weighted by Gasteiger charge is 2.11. The number of aliphatic hydroxyl groups is 2. The van der Waals surface area contributed by atoms with Gasteiger partial charge in [-0.2, -0.15) is 0 Å². The van der Waals surface area contributed by atoms with Gasteiger partial charge in [0.05, 0.1) is 13.2 Å². The first-order valence-corrected chi connectivity index (χ1v) is 7.14. The number of anilines is 1. The molecule has 2 aromatic carbocycles. The van der Waals surface area contributed by atoms with Crippen molar-refractivity contribution in [3.05, 3.63) is 42.5 Å². The molecule has 0 fully saturated rings. The second kappa shape index (κ2) is 9.58. The van der Waals surface area contributed by atoms with Crippen molar-refractivity contribution in [3.8, 4) is 0 Å². The monoisotopic (exact) mass is 335 g/mol. The van der Waals surface area contributed by atoms with Gasteiger partial charge in [-0.3, -0.25) is 9.59 Å². The van der Waals surface area contributed by atoms with Crippen LogP contribution in [0.25, 0.3) is 10.8 Å². The van der Waals surface area contributed by atoms with E-state index in [1.807, 2.05) is 42.5 Å². The van der Waals surface area contributed by atoms with Gasteiger partial charge < -0.3 is 32.1 Å². The Kier molecular flexibility index (Phi) is 7.80. The Balaban J connectivity index is 0.000000351. The lowest BCUT2D eigenvalue weighted by atomic mass is 10.1. The molecular weight excluding hydrogens is 314 g/mol. The van der Waals surface area contributed by atoms with Gasteiger partial charge in [-0.15, -0.1) is 0 Å². The molecule has 24 heavy (non-hydrogen) atoms. The fourth-order valence-corrected chi connectivity index (χ4v) is 1.66. The summed E-state index contributed by atoms with van der Waals surface area (Å²) in [6.07, 6.45) is 0. The van der Waals surface area contributed by atoms with Crippen molar-refractivity contribution in [2.75, 3.05) is 18.5 Å². The van der Waals surface area contributed by atoms with Crippen LogP contribution in [0.5, 0.6) is 0 Å². The molecule has 0 aliphatic carbocycles. The van der Waals surface area contributed by atoms with Gasteiger partial charge >= 0.3 is 5.97 Å². The van der Waals surface area contributed by atoms with Crippen molar-refractivity contribution in [3.63, 3.8) is 0 Å². The molecule has 1 amide bonds. The number of amides is 1. The molecule has 130 valence electrons. The van der Waals surface area contributed by atoms with E-state index in [2.05, 4.69) is 5.32 Å². The summed E-state index contributed by atoms with van der Waals surface area (Å²) in [5.74, 6) is -1.56. The maximum atomic E-state index is 11.5. The molecule has 8 N–H and O–H groups in total. The minimum absolute atomic E-state index is 0.362. The molecule has 2 atom stereocenters. The SMILES string of the molecule is N[C@@H](CO)C(=O)Nc1ccc2ccccc2c1.N[C@@H](CO)C(=O)O. The van der Waals surface area contributed by atoms with Crippen LogP contribution in [0.15, 0.2) is 42.5 Å². The highest BCUT2D eigenvalue weighted by atomic mass is 16.4. The molecule has 0 bridgehead atoms. The maximum Gasteiger partial charge on any atom is 0.322 e. The van der Waals surface area contributed by atoms with Crippen LogP contribution in [-0.2, 0) is 9.59 Å². The quantitative estimate of drug-likeness (QED) is 0.429. The predicted octanol–water partition coefficient (Wildman–Crippen LogP) is -0.512. The Labute approximate surface area is 138 Å². The van der Waals surface area contributed by atoms with Crippen molar-refractivity contribution >= 4 is 28.3 Å². The largest absolute Gasteiger partial charge is 0.480 e. The summed E-state index contributed by atoms with van der Waals surface area (Å²) in [7, 11) is 0. The summed E-state index contributed by atoms with van der Waals surface area (Å²) >= 11 is 0. The molecule has 0 unspecified atom stereocenters. The number of rotatable bonds is 5. The third kappa shape index (κ3) is 5.94. The number of nitrogens with two attached hydrogens (primary N) is 2. The van der Waals surface area contributed by atoms with Crippen LogP contribution >= 0.6 is 0 Å². The first-order chi connectivity index (χ1) is 11.4. The number of benzene rings is 2. The Morgan fingerprint density at radius 2 is 1.54 bits per heavy atom. The zero-order valence-corrected chi connectivity index (χ0v) is 12.9. The van der Waals surface area contributed by atoms with Crippen LogP contribution in [-0.4, -0.2) is 52.5 Å². The molecule has 8 heteroatoms. The van der Waals surface area contributed by atoms with E-state index in [9.17, 15) is 9.59 Å². The lowest BCUT2D eigenvalue weighted by molar-refractivity contribution is -0.139. The molecule has 0 aromatic heterocycles. The molecule has 0 aliphatic heterocycles. The van der Waals surface area contributed by atoms with E-state index < -0.39 is 24.7 Å². The number of carbonyl (C=O) groups excluding carboxylic acids is 1. The molecule has 2 rings (SSSR count). The number of carboxylic acids is 1. The number of nitrogens with one attached hydrogen (secondary N) is 1. The van der Waals surface area contributed by atoms with E-state index >= 15 is 0 Å². The van der Waals surface area contributed by atoms with Crippen molar-refractivity contribution < 1.29 is 24.9 Å². The van der Waals surface area contributed by atoms with E-state index in [4.69, 9.17) is 26.8 Å². The molecule has 2 aromatic rings. The molecule has 0 radical (unpaired) electrons. The normalized spacial score (nSPS) is 12.7. The van der Waals surface area contributed by atoms with Crippen molar-refractivity contribution in [1.29, 1.82) is 0 Å². The number of fused-ring (bicyclic) bond motifs is 1. The van der Waals surface area contributed by atoms with Gasteiger partial charge in [0.25, 0.3) is 0 Å². The second-order valence-electron chi connectivity index (χ2n) is 4.97. The molecule has 0 heterocycles. The van der Waals surface area contributed by atoms with Crippen molar-refractivity contribution in [2.45, 2.75) is 12.1 Å². The van der Waals surface area contributed by atoms with E-state index in [0.717, 1.165) is 10.8 Å². The second-order valence-corrected chi connectivity index (χ2v) is 4.97.